The van der Waals surface area contributed by atoms with Crippen LogP contribution in [0.2, 0.25) is 0 Å². The summed E-state index contributed by atoms with van der Waals surface area (Å²) in [4.78, 5) is 16.1. The zero-order valence-electron chi connectivity index (χ0n) is 13.5. The quantitative estimate of drug-likeness (QED) is 0.818. The van der Waals surface area contributed by atoms with E-state index in [1.54, 1.807) is 55.9 Å². The first kappa shape index (κ1) is 17.9. The Morgan fingerprint density at radius 3 is 2.50 bits per heavy atom. The normalized spacial score (nSPS) is 11.3. The summed E-state index contributed by atoms with van der Waals surface area (Å²) in [6.07, 6.45) is 4.24. The first-order chi connectivity index (χ1) is 11.4. The zero-order chi connectivity index (χ0) is 17.6. The number of rotatable bonds is 7. The van der Waals surface area contributed by atoms with Crippen molar-refractivity contribution in [1.29, 1.82) is 0 Å². The molecule has 0 aliphatic heterocycles. The lowest BCUT2D eigenvalue weighted by Crippen LogP contribution is -2.36. The van der Waals surface area contributed by atoms with Gasteiger partial charge < -0.3 is 10.1 Å². The third-order valence-electron chi connectivity index (χ3n) is 3.24. The van der Waals surface area contributed by atoms with Crippen LogP contribution < -0.4 is 10.1 Å². The summed E-state index contributed by atoms with van der Waals surface area (Å²) in [6, 6.07) is 10.3. The van der Waals surface area contributed by atoms with E-state index in [0.717, 1.165) is 10.6 Å². The molecular weight excluding hydrogens is 330 g/mol. The number of pyridine rings is 1. The van der Waals surface area contributed by atoms with E-state index in [-0.39, 0.29) is 13.1 Å². The molecule has 1 aromatic heterocycles. The maximum Gasteiger partial charge on any atom is 0.239 e. The molecule has 1 heterocycles. The number of nitrogens with one attached hydrogen (secondary N) is 1. The lowest BCUT2D eigenvalue weighted by molar-refractivity contribution is -0.116. The molecule has 7 nitrogen and oxygen atoms in total. The van der Waals surface area contributed by atoms with Crippen molar-refractivity contribution in [3.8, 4) is 5.75 Å². The highest BCUT2D eigenvalue weighted by molar-refractivity contribution is 7.88. The summed E-state index contributed by atoms with van der Waals surface area (Å²) >= 11 is 0. The fourth-order valence-electron chi connectivity index (χ4n) is 2.02. The molecule has 1 aromatic carbocycles. The molecule has 0 fully saturated rings. The van der Waals surface area contributed by atoms with Gasteiger partial charge in [-0.15, -0.1) is 0 Å². The van der Waals surface area contributed by atoms with E-state index >= 15 is 0 Å². The largest absolute Gasteiger partial charge is 0.497 e. The van der Waals surface area contributed by atoms with Crippen LogP contribution in [0.4, 0.5) is 5.69 Å². The second kappa shape index (κ2) is 7.89. The molecule has 0 saturated carbocycles. The first-order valence-corrected chi connectivity index (χ1v) is 9.01. The van der Waals surface area contributed by atoms with Crippen LogP contribution in [0.3, 0.4) is 0 Å². The van der Waals surface area contributed by atoms with Crippen molar-refractivity contribution in [2.75, 3.05) is 25.2 Å². The van der Waals surface area contributed by atoms with Crippen molar-refractivity contribution < 1.29 is 17.9 Å². The predicted octanol–water partition coefficient (Wildman–Crippen LogP) is 1.49. The van der Waals surface area contributed by atoms with Gasteiger partial charge in [-0.3, -0.25) is 9.78 Å². The smallest absolute Gasteiger partial charge is 0.239 e. The first-order valence-electron chi connectivity index (χ1n) is 7.16. The molecule has 24 heavy (non-hydrogen) atoms. The Labute approximate surface area is 141 Å². The van der Waals surface area contributed by atoms with Gasteiger partial charge in [0.15, 0.2) is 0 Å². The summed E-state index contributed by atoms with van der Waals surface area (Å²) in [5.41, 5.74) is 1.27. The standard InChI is InChI=1S/C16H19N3O4S/c1-23-15-7-5-14(6-8-15)18-16(20)12-19(24(2,21)22)11-13-4-3-9-17-10-13/h3-10H,11-12H2,1-2H3,(H,18,20). The number of carbonyl (C=O) groups is 1. The van der Waals surface area contributed by atoms with Crippen LogP contribution in [0.5, 0.6) is 5.75 Å². The number of carbonyl (C=O) groups excluding carboxylic acids is 1. The maximum atomic E-state index is 12.2. The van der Waals surface area contributed by atoms with Crippen molar-refractivity contribution in [2.24, 2.45) is 0 Å². The Morgan fingerprint density at radius 1 is 1.25 bits per heavy atom. The predicted molar refractivity (Wildman–Crippen MR) is 91.1 cm³/mol. The van der Waals surface area contributed by atoms with E-state index in [1.807, 2.05) is 0 Å². The molecule has 2 rings (SSSR count). The highest BCUT2D eigenvalue weighted by Crippen LogP contribution is 2.15. The summed E-state index contributed by atoms with van der Waals surface area (Å²) in [5.74, 6) is 0.247. The van der Waals surface area contributed by atoms with Gasteiger partial charge in [0.25, 0.3) is 0 Å². The Morgan fingerprint density at radius 2 is 1.96 bits per heavy atom. The maximum absolute atomic E-state index is 12.2. The lowest BCUT2D eigenvalue weighted by Gasteiger charge is -2.19. The minimum atomic E-state index is -3.54. The molecule has 1 N–H and O–H groups in total. The van der Waals surface area contributed by atoms with Crippen LogP contribution >= 0.6 is 0 Å². The fourth-order valence-corrected chi connectivity index (χ4v) is 2.76. The van der Waals surface area contributed by atoms with Crippen LogP contribution in [-0.4, -0.2) is 43.5 Å². The molecule has 1 amide bonds. The van der Waals surface area contributed by atoms with Crippen molar-refractivity contribution in [2.45, 2.75) is 6.54 Å². The molecule has 0 atom stereocenters. The summed E-state index contributed by atoms with van der Waals surface area (Å²) in [7, 11) is -1.98. The highest BCUT2D eigenvalue weighted by atomic mass is 32.2. The number of methoxy groups -OCH3 is 1. The average molecular weight is 349 g/mol. The van der Waals surface area contributed by atoms with Gasteiger partial charge >= 0.3 is 0 Å². The van der Waals surface area contributed by atoms with E-state index < -0.39 is 15.9 Å². The monoisotopic (exact) mass is 349 g/mol. The number of anilines is 1. The summed E-state index contributed by atoms with van der Waals surface area (Å²) < 4.78 is 30.0. The number of ether oxygens (including phenoxy) is 1. The summed E-state index contributed by atoms with van der Waals surface area (Å²) in [5, 5.41) is 2.67. The number of amides is 1. The van der Waals surface area contributed by atoms with Crippen LogP contribution in [0.15, 0.2) is 48.8 Å². The van der Waals surface area contributed by atoms with E-state index in [0.29, 0.717) is 17.0 Å². The third kappa shape index (κ3) is 5.32. The molecule has 0 unspecified atom stereocenters. The van der Waals surface area contributed by atoms with E-state index in [1.165, 1.54) is 0 Å². The van der Waals surface area contributed by atoms with Crippen LogP contribution in [0.1, 0.15) is 5.56 Å². The molecular formula is C16H19N3O4S. The number of nitrogens with zero attached hydrogens (tertiary/aromatic N) is 2. The number of hydrogen-bond donors (Lipinski definition) is 1. The van der Waals surface area contributed by atoms with Gasteiger partial charge in [0.2, 0.25) is 15.9 Å². The van der Waals surface area contributed by atoms with Crippen molar-refractivity contribution in [3.05, 3.63) is 54.4 Å². The fraction of sp³-hybridized carbons (Fsp3) is 0.250. The van der Waals surface area contributed by atoms with Crippen molar-refractivity contribution in [1.82, 2.24) is 9.29 Å². The topological polar surface area (TPSA) is 88.6 Å². The van der Waals surface area contributed by atoms with Gasteiger partial charge in [-0.25, -0.2) is 8.42 Å². The van der Waals surface area contributed by atoms with Gasteiger partial charge in [0, 0.05) is 24.6 Å². The molecule has 0 aliphatic rings. The zero-order valence-corrected chi connectivity index (χ0v) is 14.3. The second-order valence-electron chi connectivity index (χ2n) is 5.17. The molecule has 0 bridgehead atoms. The van der Waals surface area contributed by atoms with Crippen LogP contribution in [-0.2, 0) is 21.4 Å². The molecule has 0 aliphatic carbocycles. The van der Waals surface area contributed by atoms with E-state index in [2.05, 4.69) is 10.3 Å². The van der Waals surface area contributed by atoms with Gasteiger partial charge in [-0.05, 0) is 35.9 Å². The SMILES string of the molecule is COc1ccc(NC(=O)CN(Cc2cccnc2)S(C)(=O)=O)cc1. The van der Waals surface area contributed by atoms with Crippen LogP contribution in [0, 0.1) is 0 Å². The number of aromatic nitrogens is 1. The Kier molecular flexibility index (Phi) is 5.88. The molecule has 128 valence electrons. The molecule has 2 aromatic rings. The Bertz CT molecular complexity index is 777. The molecule has 0 saturated heterocycles. The van der Waals surface area contributed by atoms with Gasteiger partial charge in [-0.2, -0.15) is 4.31 Å². The van der Waals surface area contributed by atoms with Gasteiger partial charge in [0.05, 0.1) is 19.9 Å². The van der Waals surface area contributed by atoms with E-state index in [4.69, 9.17) is 4.74 Å². The highest BCUT2D eigenvalue weighted by Gasteiger charge is 2.20. The minimum Gasteiger partial charge on any atom is -0.497 e. The van der Waals surface area contributed by atoms with E-state index in [9.17, 15) is 13.2 Å². The molecule has 8 heteroatoms. The Balaban J connectivity index is 2.04. The Hall–Kier alpha value is -2.45. The minimum absolute atomic E-state index is 0.0860. The lowest BCUT2D eigenvalue weighted by atomic mass is 10.3. The second-order valence-corrected chi connectivity index (χ2v) is 7.15. The van der Waals surface area contributed by atoms with Crippen molar-refractivity contribution in [3.63, 3.8) is 0 Å². The van der Waals surface area contributed by atoms with Gasteiger partial charge in [-0.1, -0.05) is 6.07 Å². The third-order valence-corrected chi connectivity index (χ3v) is 4.44. The number of hydrogen-bond acceptors (Lipinski definition) is 5. The summed E-state index contributed by atoms with van der Waals surface area (Å²) in [6.45, 7) is -0.192. The molecule has 0 radical (unpaired) electrons. The van der Waals surface area contributed by atoms with Crippen LogP contribution in [0.25, 0.3) is 0 Å². The number of benzene rings is 1. The van der Waals surface area contributed by atoms with Crippen molar-refractivity contribution >= 4 is 21.6 Å². The molecule has 0 spiro atoms. The number of sulfonamides is 1. The average Bonchev–Trinajstić information content (AvgIpc) is 2.55. The van der Waals surface area contributed by atoms with Gasteiger partial charge in [0.1, 0.15) is 5.75 Å².